The van der Waals surface area contributed by atoms with E-state index in [0.717, 1.165) is 0 Å². The number of aliphatic hydroxyl groups excluding tert-OH is 1. The zero-order chi connectivity index (χ0) is 8.20. The minimum Gasteiger partial charge on any atom is -0.392 e. The highest BCUT2D eigenvalue weighted by atomic mass is 19.4. The Hall–Kier alpha value is -0.580. The van der Waals surface area contributed by atoms with Crippen LogP contribution in [0.5, 0.6) is 0 Å². The first kappa shape index (κ1) is 9.42. The van der Waals surface area contributed by atoms with Crippen molar-refractivity contribution in [3.63, 3.8) is 0 Å². The Morgan fingerprint density at radius 2 is 1.90 bits per heavy atom. The predicted molar refractivity (Wildman–Crippen MR) is 27.2 cm³/mol. The van der Waals surface area contributed by atoms with Crippen LogP contribution in [-0.2, 0) is 0 Å². The first-order chi connectivity index (χ1) is 4.48. The molecule has 5 heteroatoms. The van der Waals surface area contributed by atoms with Gasteiger partial charge in [-0.3, -0.25) is 0 Å². The third-order valence-corrected chi connectivity index (χ3v) is 0.723. The second-order valence-electron chi connectivity index (χ2n) is 1.55. The summed E-state index contributed by atoms with van der Waals surface area (Å²) in [5.41, 5.74) is 0. The van der Waals surface area contributed by atoms with Crippen LogP contribution in [0.25, 0.3) is 0 Å². The molecule has 0 spiro atoms. The van der Waals surface area contributed by atoms with Gasteiger partial charge in [0.25, 0.3) is 0 Å². The summed E-state index contributed by atoms with van der Waals surface area (Å²) in [6.45, 7) is -0.587. The quantitative estimate of drug-likeness (QED) is 0.476. The van der Waals surface area contributed by atoms with Gasteiger partial charge in [0.15, 0.2) is 0 Å². The molecule has 1 nitrogen and oxygen atoms in total. The average molecular weight is 158 g/mol. The molecular weight excluding hydrogens is 152 g/mol. The summed E-state index contributed by atoms with van der Waals surface area (Å²) in [4.78, 5) is 0. The van der Waals surface area contributed by atoms with E-state index < -0.39 is 19.0 Å². The van der Waals surface area contributed by atoms with Gasteiger partial charge in [-0.25, -0.2) is 4.39 Å². The minimum atomic E-state index is -4.86. The van der Waals surface area contributed by atoms with Crippen LogP contribution >= 0.6 is 0 Å². The van der Waals surface area contributed by atoms with Crippen LogP contribution in [0.4, 0.5) is 17.6 Å². The Morgan fingerprint density at radius 3 is 2.20 bits per heavy atom. The molecule has 10 heavy (non-hydrogen) atoms. The van der Waals surface area contributed by atoms with Gasteiger partial charge in [-0.2, -0.15) is 13.2 Å². The molecule has 0 aliphatic carbocycles. The van der Waals surface area contributed by atoms with Gasteiger partial charge >= 0.3 is 6.18 Å². The normalized spacial score (nSPS) is 16.1. The van der Waals surface area contributed by atoms with Crippen molar-refractivity contribution in [3.8, 4) is 0 Å². The molecule has 1 N–H and O–H groups in total. The van der Waals surface area contributed by atoms with E-state index in [1.54, 1.807) is 0 Å². The fourth-order valence-electron chi connectivity index (χ4n) is 0.289. The maximum atomic E-state index is 11.8. The van der Waals surface area contributed by atoms with Crippen LogP contribution in [0, 0.1) is 0 Å². The Morgan fingerprint density at radius 1 is 1.40 bits per heavy atom. The number of alkyl halides is 4. The van der Waals surface area contributed by atoms with E-state index in [0.29, 0.717) is 6.08 Å². The molecule has 0 saturated heterocycles. The van der Waals surface area contributed by atoms with Crippen molar-refractivity contribution in [1.29, 1.82) is 0 Å². The molecule has 1 unspecified atom stereocenters. The smallest absolute Gasteiger partial charge is 0.392 e. The molecule has 60 valence electrons. The van der Waals surface area contributed by atoms with Crippen LogP contribution in [0.1, 0.15) is 0 Å². The Kier molecular flexibility index (Phi) is 3.35. The van der Waals surface area contributed by atoms with Crippen LogP contribution in [0.2, 0.25) is 0 Å². The zero-order valence-electron chi connectivity index (χ0n) is 4.90. The number of hydrogen-bond donors (Lipinski definition) is 1. The SMILES string of the molecule is OC/C=C/C(F)C(F)(F)F. The van der Waals surface area contributed by atoms with E-state index in [9.17, 15) is 17.6 Å². The molecule has 0 aliphatic heterocycles. The van der Waals surface area contributed by atoms with Crippen LogP contribution in [0.15, 0.2) is 12.2 Å². The van der Waals surface area contributed by atoms with Crippen molar-refractivity contribution in [1.82, 2.24) is 0 Å². The lowest BCUT2D eigenvalue weighted by molar-refractivity contribution is -0.166. The second-order valence-corrected chi connectivity index (χ2v) is 1.55. The Balaban J connectivity index is 3.84. The molecule has 0 aromatic heterocycles. The van der Waals surface area contributed by atoms with Gasteiger partial charge in [0.05, 0.1) is 6.61 Å². The maximum Gasteiger partial charge on any atom is 0.423 e. The third kappa shape index (κ3) is 3.45. The van der Waals surface area contributed by atoms with E-state index in [4.69, 9.17) is 5.11 Å². The van der Waals surface area contributed by atoms with E-state index in [-0.39, 0.29) is 6.08 Å². The fraction of sp³-hybridized carbons (Fsp3) is 0.600. The van der Waals surface area contributed by atoms with E-state index in [1.807, 2.05) is 0 Å². The lowest BCUT2D eigenvalue weighted by Gasteiger charge is -2.06. The molecule has 1 atom stereocenters. The van der Waals surface area contributed by atoms with Crippen LogP contribution in [0.3, 0.4) is 0 Å². The largest absolute Gasteiger partial charge is 0.423 e. The monoisotopic (exact) mass is 158 g/mol. The van der Waals surface area contributed by atoms with Gasteiger partial charge in [-0.05, 0) is 6.08 Å². The van der Waals surface area contributed by atoms with E-state index in [2.05, 4.69) is 0 Å². The lowest BCUT2D eigenvalue weighted by Crippen LogP contribution is -2.21. The molecule has 0 heterocycles. The lowest BCUT2D eigenvalue weighted by atomic mass is 10.3. The standard InChI is InChI=1S/C5H6F4O/c6-4(2-1-3-10)5(7,8)9/h1-2,4,10H,3H2/b2-1+. The molecule has 0 saturated carbocycles. The van der Waals surface area contributed by atoms with Crippen molar-refractivity contribution in [2.24, 2.45) is 0 Å². The third-order valence-electron chi connectivity index (χ3n) is 0.723. The average Bonchev–Trinajstić information content (AvgIpc) is 1.80. The van der Waals surface area contributed by atoms with Crippen molar-refractivity contribution >= 4 is 0 Å². The first-order valence-corrected chi connectivity index (χ1v) is 2.46. The highest BCUT2D eigenvalue weighted by molar-refractivity contribution is 4.92. The summed E-state index contributed by atoms with van der Waals surface area (Å²) in [7, 11) is 0. The summed E-state index contributed by atoms with van der Waals surface area (Å²) in [6.07, 6.45) is -6.86. The van der Waals surface area contributed by atoms with Crippen LogP contribution in [-0.4, -0.2) is 24.1 Å². The number of halogens is 4. The molecule has 0 aromatic rings. The first-order valence-electron chi connectivity index (χ1n) is 2.46. The van der Waals surface area contributed by atoms with Gasteiger partial charge in [0.2, 0.25) is 6.17 Å². The van der Waals surface area contributed by atoms with Gasteiger partial charge in [0, 0.05) is 0 Å². The summed E-state index contributed by atoms with van der Waals surface area (Å²) < 4.78 is 45.6. The van der Waals surface area contributed by atoms with Gasteiger partial charge in [0.1, 0.15) is 0 Å². The van der Waals surface area contributed by atoms with Crippen molar-refractivity contribution in [2.75, 3.05) is 6.61 Å². The summed E-state index contributed by atoms with van der Waals surface area (Å²) in [5, 5.41) is 7.96. The van der Waals surface area contributed by atoms with Gasteiger partial charge in [-0.1, -0.05) is 6.08 Å². The van der Waals surface area contributed by atoms with Gasteiger partial charge in [-0.15, -0.1) is 0 Å². The van der Waals surface area contributed by atoms with Crippen molar-refractivity contribution in [2.45, 2.75) is 12.3 Å². The highest BCUT2D eigenvalue weighted by Crippen LogP contribution is 2.23. The number of allylic oxidation sites excluding steroid dienone is 1. The summed E-state index contributed by atoms with van der Waals surface area (Å²) >= 11 is 0. The fourth-order valence-corrected chi connectivity index (χ4v) is 0.289. The summed E-state index contributed by atoms with van der Waals surface area (Å²) in [6, 6.07) is 0. The second kappa shape index (κ2) is 3.55. The predicted octanol–water partition coefficient (Wildman–Crippen LogP) is 1.44. The van der Waals surface area contributed by atoms with Gasteiger partial charge < -0.3 is 5.11 Å². The molecule has 0 amide bonds. The van der Waals surface area contributed by atoms with Crippen molar-refractivity contribution < 1.29 is 22.7 Å². The number of hydrogen-bond acceptors (Lipinski definition) is 1. The molecule has 0 radical (unpaired) electrons. The molecule has 0 fully saturated rings. The number of rotatable bonds is 2. The topological polar surface area (TPSA) is 20.2 Å². The van der Waals surface area contributed by atoms with E-state index in [1.165, 1.54) is 0 Å². The maximum absolute atomic E-state index is 11.8. The van der Waals surface area contributed by atoms with E-state index >= 15 is 0 Å². The Bertz CT molecular complexity index is 117. The Labute approximate surface area is 55.0 Å². The van der Waals surface area contributed by atoms with Crippen LogP contribution < -0.4 is 0 Å². The summed E-state index contributed by atoms with van der Waals surface area (Å²) in [5.74, 6) is 0. The molecule has 0 aliphatic rings. The molecule has 0 aromatic carbocycles. The molecule has 0 bridgehead atoms. The molecule has 0 rings (SSSR count). The van der Waals surface area contributed by atoms with Crippen molar-refractivity contribution in [3.05, 3.63) is 12.2 Å². The highest BCUT2D eigenvalue weighted by Gasteiger charge is 2.37. The number of aliphatic hydroxyl groups is 1. The minimum absolute atomic E-state index is 0.264. The molecular formula is C5H6F4O. The zero-order valence-corrected chi connectivity index (χ0v) is 4.90.